The molecule has 0 radical (unpaired) electrons. The summed E-state index contributed by atoms with van der Waals surface area (Å²) in [7, 11) is 0. The van der Waals surface area contributed by atoms with E-state index in [1.165, 1.54) is 16.7 Å². The maximum absolute atomic E-state index is 6.20. The fourth-order valence-corrected chi connectivity index (χ4v) is 3.84. The fourth-order valence-electron chi connectivity index (χ4n) is 3.84. The molecule has 2 aliphatic heterocycles. The largest absolute Gasteiger partial charge is 0.478 e. The Morgan fingerprint density at radius 3 is 2.39 bits per heavy atom. The zero-order valence-corrected chi connectivity index (χ0v) is 19.9. The summed E-state index contributed by atoms with van der Waals surface area (Å²) in [6.07, 6.45) is 16.9. The topological polar surface area (TPSA) is 43.2 Å². The normalized spacial score (nSPS) is 24.7. The molecule has 4 rings (SSSR count). The van der Waals surface area contributed by atoms with Gasteiger partial charge in [-0.25, -0.2) is 4.99 Å². The number of nitrogens with zero attached hydrogens (tertiary/aromatic N) is 2. The first-order chi connectivity index (χ1) is 15.1. The van der Waals surface area contributed by atoms with Crippen LogP contribution in [0.5, 0.6) is 0 Å². The third kappa shape index (κ3) is 5.75. The van der Waals surface area contributed by atoms with Crippen LogP contribution in [-0.2, 0) is 9.47 Å². The Bertz CT molecular complexity index is 831. The first kappa shape index (κ1) is 24.6. The van der Waals surface area contributed by atoms with E-state index in [1.807, 2.05) is 45.1 Å². The van der Waals surface area contributed by atoms with Gasteiger partial charge in [-0.05, 0) is 44.8 Å². The minimum atomic E-state index is -0.145. The van der Waals surface area contributed by atoms with Crippen molar-refractivity contribution in [1.82, 2.24) is 0 Å². The quantitative estimate of drug-likeness (QED) is 0.456. The highest BCUT2D eigenvalue weighted by Gasteiger charge is 2.59. The van der Waals surface area contributed by atoms with E-state index in [4.69, 9.17) is 14.5 Å². The Morgan fingerprint density at radius 1 is 1.13 bits per heavy atom. The Hall–Kier alpha value is -2.62. The van der Waals surface area contributed by atoms with E-state index in [1.54, 1.807) is 6.08 Å². The van der Waals surface area contributed by atoms with Crippen LogP contribution in [0, 0.1) is 5.41 Å². The van der Waals surface area contributed by atoms with E-state index in [0.29, 0.717) is 6.61 Å². The molecule has 0 bridgehead atoms. The van der Waals surface area contributed by atoms with Gasteiger partial charge in [-0.2, -0.15) is 0 Å². The molecule has 4 nitrogen and oxygen atoms in total. The highest BCUT2D eigenvalue weighted by Crippen LogP contribution is 2.53. The second-order valence-electron chi connectivity index (χ2n) is 7.91. The first-order valence-corrected chi connectivity index (χ1v) is 11.4. The van der Waals surface area contributed by atoms with Crippen LogP contribution in [-0.4, -0.2) is 37.1 Å². The molecular weight excluding hydrogens is 384 g/mol. The molecule has 4 heteroatoms. The van der Waals surface area contributed by atoms with E-state index in [-0.39, 0.29) is 17.6 Å². The molecular formula is C27H38N2O2. The van der Waals surface area contributed by atoms with E-state index in [0.717, 1.165) is 37.6 Å². The molecule has 0 saturated heterocycles. The highest BCUT2D eigenvalue weighted by atomic mass is 16.5. The molecule has 0 amide bonds. The molecule has 168 valence electrons. The third-order valence-electron chi connectivity index (χ3n) is 5.40. The lowest BCUT2D eigenvalue weighted by atomic mass is 10.1. The van der Waals surface area contributed by atoms with Gasteiger partial charge in [0.2, 0.25) is 0 Å². The van der Waals surface area contributed by atoms with Crippen LogP contribution in [0.25, 0.3) is 0 Å². The van der Waals surface area contributed by atoms with Crippen LogP contribution >= 0.6 is 0 Å². The Labute approximate surface area is 188 Å². The van der Waals surface area contributed by atoms with Gasteiger partial charge in [0.05, 0.1) is 6.54 Å². The van der Waals surface area contributed by atoms with Gasteiger partial charge in [0.1, 0.15) is 24.2 Å². The average molecular weight is 423 g/mol. The predicted octanol–water partition coefficient (Wildman–Crippen LogP) is 6.54. The van der Waals surface area contributed by atoms with Crippen molar-refractivity contribution in [3.05, 3.63) is 72.4 Å². The van der Waals surface area contributed by atoms with Crippen LogP contribution in [0.4, 0.5) is 0 Å². The van der Waals surface area contributed by atoms with Crippen LogP contribution in [0.2, 0.25) is 0 Å². The van der Waals surface area contributed by atoms with E-state index >= 15 is 0 Å². The summed E-state index contributed by atoms with van der Waals surface area (Å²) >= 11 is 0. The second kappa shape index (κ2) is 11.7. The summed E-state index contributed by atoms with van der Waals surface area (Å²) in [6, 6.07) is 0.100. The first-order valence-electron chi connectivity index (χ1n) is 11.4. The zero-order chi connectivity index (χ0) is 22.9. The van der Waals surface area contributed by atoms with Gasteiger partial charge in [-0.1, -0.05) is 75.1 Å². The minimum absolute atomic E-state index is 0.100. The van der Waals surface area contributed by atoms with E-state index < -0.39 is 0 Å². The SMILES string of the molecule is C=C/C=C\C=C(C)C.C=CC1=C(/C=C\C)CC2OC(C3(C4=NCCO4)CC3)=NC12.CC. The molecule has 0 aromatic rings. The lowest BCUT2D eigenvalue weighted by Gasteiger charge is -2.16. The van der Waals surface area contributed by atoms with Gasteiger partial charge in [0.25, 0.3) is 0 Å². The molecule has 2 unspecified atom stereocenters. The highest BCUT2D eigenvalue weighted by molar-refractivity contribution is 6.09. The predicted molar refractivity (Wildman–Crippen MR) is 133 cm³/mol. The number of rotatable bonds is 6. The van der Waals surface area contributed by atoms with Gasteiger partial charge < -0.3 is 9.47 Å². The molecule has 0 aromatic heterocycles. The average Bonchev–Trinajstić information content (AvgIpc) is 3.10. The number of ether oxygens (including phenoxy) is 2. The molecule has 2 atom stereocenters. The number of fused-ring (bicyclic) bond motifs is 1. The zero-order valence-electron chi connectivity index (χ0n) is 19.9. The molecule has 1 saturated carbocycles. The smallest absolute Gasteiger partial charge is 0.200 e. The molecule has 31 heavy (non-hydrogen) atoms. The summed E-state index contributed by atoms with van der Waals surface area (Å²) in [5, 5.41) is 0. The summed E-state index contributed by atoms with van der Waals surface area (Å²) in [6.45, 7) is 19.1. The Morgan fingerprint density at radius 2 is 1.87 bits per heavy atom. The Kier molecular flexibility index (Phi) is 9.29. The van der Waals surface area contributed by atoms with Crippen molar-refractivity contribution in [2.24, 2.45) is 15.4 Å². The number of allylic oxidation sites excluding steroid dienone is 7. The van der Waals surface area contributed by atoms with Crippen LogP contribution in [0.15, 0.2) is 82.4 Å². The maximum atomic E-state index is 6.20. The molecule has 4 aliphatic rings. The van der Waals surface area contributed by atoms with Crippen LogP contribution < -0.4 is 0 Å². The van der Waals surface area contributed by atoms with E-state index in [9.17, 15) is 0 Å². The molecule has 2 aliphatic carbocycles. The van der Waals surface area contributed by atoms with Gasteiger partial charge in [-0.3, -0.25) is 4.99 Å². The van der Waals surface area contributed by atoms with Crippen LogP contribution in [0.3, 0.4) is 0 Å². The summed E-state index contributed by atoms with van der Waals surface area (Å²) in [5.74, 6) is 1.69. The molecule has 0 aromatic carbocycles. The van der Waals surface area contributed by atoms with Crippen molar-refractivity contribution in [3.8, 4) is 0 Å². The molecule has 0 N–H and O–H groups in total. The lowest BCUT2D eigenvalue weighted by molar-refractivity contribution is 0.202. The second-order valence-corrected chi connectivity index (χ2v) is 7.91. The molecule has 1 fully saturated rings. The van der Waals surface area contributed by atoms with Gasteiger partial charge in [0.15, 0.2) is 11.8 Å². The summed E-state index contributed by atoms with van der Waals surface area (Å²) < 4.78 is 11.9. The van der Waals surface area contributed by atoms with Gasteiger partial charge >= 0.3 is 0 Å². The Balaban J connectivity index is 0.000000292. The number of hydrogen-bond acceptors (Lipinski definition) is 4. The van der Waals surface area contributed by atoms with Gasteiger partial charge in [0, 0.05) is 6.42 Å². The van der Waals surface area contributed by atoms with Crippen molar-refractivity contribution in [3.63, 3.8) is 0 Å². The van der Waals surface area contributed by atoms with E-state index in [2.05, 4.69) is 44.1 Å². The third-order valence-corrected chi connectivity index (χ3v) is 5.40. The van der Waals surface area contributed by atoms with Crippen molar-refractivity contribution >= 4 is 11.8 Å². The summed E-state index contributed by atoms with van der Waals surface area (Å²) in [5.41, 5.74) is 3.67. The fraction of sp³-hybridized carbons (Fsp3) is 0.481. The van der Waals surface area contributed by atoms with Crippen molar-refractivity contribution in [1.29, 1.82) is 0 Å². The van der Waals surface area contributed by atoms with Crippen molar-refractivity contribution in [2.45, 2.75) is 66.0 Å². The minimum Gasteiger partial charge on any atom is -0.478 e. The standard InChI is InChI=1S/C17H20N2O2.C8H12.C2H6/c1-3-5-11-10-13-14(12(11)4-2)19-16(21-13)17(6-7-17)15-18-8-9-20-15;1-4-5-6-7-8(2)3;1-2/h3-5,13-14H,2,6-10H2,1H3;4-7H,1H2,2-3H3;1-2H3/b5-3-;6-5-;. The van der Waals surface area contributed by atoms with Gasteiger partial charge in [-0.15, -0.1) is 0 Å². The van der Waals surface area contributed by atoms with Crippen molar-refractivity contribution < 1.29 is 9.47 Å². The monoisotopic (exact) mass is 422 g/mol. The number of hydrogen-bond donors (Lipinski definition) is 0. The maximum Gasteiger partial charge on any atom is 0.200 e. The van der Waals surface area contributed by atoms with Crippen LogP contribution in [0.1, 0.15) is 53.9 Å². The molecule has 0 spiro atoms. The lowest BCUT2D eigenvalue weighted by Crippen LogP contribution is -2.28. The summed E-state index contributed by atoms with van der Waals surface area (Å²) in [4.78, 5) is 9.37. The van der Waals surface area contributed by atoms with Crippen molar-refractivity contribution in [2.75, 3.05) is 13.2 Å². The molecule has 2 heterocycles. The number of aliphatic imine (C=N–C) groups is 2.